The highest BCUT2D eigenvalue weighted by atomic mass is 16.5. The molecule has 5 nitrogen and oxygen atoms in total. The Hall–Kier alpha value is -2.82. The third-order valence-corrected chi connectivity index (χ3v) is 4.30. The Balaban J connectivity index is 1.88. The lowest BCUT2D eigenvalue weighted by atomic mass is 10.1. The number of ether oxygens (including phenoxy) is 1. The summed E-state index contributed by atoms with van der Waals surface area (Å²) in [6, 6.07) is 13.2. The molecule has 0 unspecified atom stereocenters. The topological polar surface area (TPSA) is 58.6 Å². The summed E-state index contributed by atoms with van der Waals surface area (Å²) in [6.07, 6.45) is -0.119. The summed E-state index contributed by atoms with van der Waals surface area (Å²) in [6.45, 7) is 5.85. The van der Waals surface area contributed by atoms with Crippen molar-refractivity contribution in [3.8, 4) is 5.75 Å². The minimum absolute atomic E-state index is 0.00249. The van der Waals surface area contributed by atoms with Crippen LogP contribution in [0.15, 0.2) is 42.5 Å². The molecule has 2 aromatic rings. The maximum atomic E-state index is 13.1. The molecule has 3 rings (SSSR count). The molecule has 0 radical (unpaired) electrons. The number of para-hydroxylation sites is 2. The van der Waals surface area contributed by atoms with Crippen LogP contribution in [0.3, 0.4) is 0 Å². The van der Waals surface area contributed by atoms with Gasteiger partial charge in [0.1, 0.15) is 12.3 Å². The Morgan fingerprint density at radius 2 is 2.00 bits per heavy atom. The zero-order valence-electron chi connectivity index (χ0n) is 14.7. The van der Waals surface area contributed by atoms with Crippen molar-refractivity contribution < 1.29 is 14.3 Å². The first-order chi connectivity index (χ1) is 12.0. The fourth-order valence-corrected chi connectivity index (χ4v) is 2.90. The van der Waals surface area contributed by atoms with Crippen molar-refractivity contribution in [2.45, 2.75) is 33.3 Å². The molecule has 1 aliphatic heterocycles. The van der Waals surface area contributed by atoms with Gasteiger partial charge in [-0.25, -0.2) is 0 Å². The number of anilines is 2. The Morgan fingerprint density at radius 1 is 1.24 bits per heavy atom. The molecule has 2 amide bonds. The van der Waals surface area contributed by atoms with Crippen molar-refractivity contribution in [3.63, 3.8) is 0 Å². The fourth-order valence-electron chi connectivity index (χ4n) is 2.90. The van der Waals surface area contributed by atoms with Gasteiger partial charge in [-0.15, -0.1) is 0 Å². The molecular formula is C20H22N2O3. The van der Waals surface area contributed by atoms with Crippen LogP contribution in [0, 0.1) is 13.8 Å². The monoisotopic (exact) mass is 338 g/mol. The Labute approximate surface area is 147 Å². The second-order valence-electron chi connectivity index (χ2n) is 6.27. The lowest BCUT2D eigenvalue weighted by Crippen LogP contribution is -2.48. The molecule has 2 aromatic carbocycles. The molecule has 1 aliphatic rings. The van der Waals surface area contributed by atoms with E-state index in [9.17, 15) is 9.59 Å². The maximum Gasteiger partial charge on any atom is 0.268 e. The molecule has 0 aliphatic carbocycles. The number of amides is 2. The van der Waals surface area contributed by atoms with Crippen molar-refractivity contribution in [2.24, 2.45) is 0 Å². The Morgan fingerprint density at radius 3 is 2.76 bits per heavy atom. The second kappa shape index (κ2) is 6.97. The van der Waals surface area contributed by atoms with E-state index in [1.54, 1.807) is 6.07 Å². The molecule has 0 spiro atoms. The van der Waals surface area contributed by atoms with Crippen LogP contribution in [-0.4, -0.2) is 24.5 Å². The van der Waals surface area contributed by atoms with E-state index >= 15 is 0 Å². The van der Waals surface area contributed by atoms with Crippen LogP contribution < -0.4 is 15.0 Å². The molecule has 1 atom stereocenters. The number of carbonyl (C=O) groups is 2. The van der Waals surface area contributed by atoms with Gasteiger partial charge in [0.2, 0.25) is 5.91 Å². The third kappa shape index (κ3) is 3.50. The number of aryl methyl sites for hydroxylation is 2. The van der Waals surface area contributed by atoms with Gasteiger partial charge in [0.05, 0.1) is 11.4 Å². The van der Waals surface area contributed by atoms with Crippen LogP contribution in [0.5, 0.6) is 5.75 Å². The number of carbonyl (C=O) groups excluding carboxylic acids is 2. The van der Waals surface area contributed by atoms with Gasteiger partial charge in [-0.05, 0) is 49.6 Å². The maximum absolute atomic E-state index is 13.1. The summed E-state index contributed by atoms with van der Waals surface area (Å²) < 4.78 is 6.02. The van der Waals surface area contributed by atoms with Crippen LogP contribution in [0.1, 0.15) is 24.5 Å². The predicted octanol–water partition coefficient (Wildman–Crippen LogP) is 3.45. The van der Waals surface area contributed by atoms with E-state index in [1.165, 1.54) is 4.90 Å². The number of nitrogens with zero attached hydrogens (tertiary/aromatic N) is 1. The van der Waals surface area contributed by atoms with E-state index in [2.05, 4.69) is 5.32 Å². The van der Waals surface area contributed by atoms with Crippen LogP contribution in [0.25, 0.3) is 0 Å². The van der Waals surface area contributed by atoms with E-state index in [0.29, 0.717) is 23.5 Å². The molecule has 0 fully saturated rings. The molecule has 5 heteroatoms. The number of fused-ring (bicyclic) bond motifs is 1. The molecular weight excluding hydrogens is 316 g/mol. The number of rotatable bonds is 4. The number of benzene rings is 2. The predicted molar refractivity (Wildman–Crippen MR) is 98.0 cm³/mol. The third-order valence-electron chi connectivity index (χ3n) is 4.30. The summed E-state index contributed by atoms with van der Waals surface area (Å²) in [7, 11) is 0. The van der Waals surface area contributed by atoms with Gasteiger partial charge in [0.15, 0.2) is 6.10 Å². The highest BCUT2D eigenvalue weighted by molar-refractivity contribution is 6.11. The Kier molecular flexibility index (Phi) is 4.74. The minimum Gasteiger partial charge on any atom is -0.480 e. The number of nitrogens with one attached hydrogen (secondary N) is 1. The summed E-state index contributed by atoms with van der Waals surface area (Å²) >= 11 is 0. The van der Waals surface area contributed by atoms with Gasteiger partial charge in [-0.2, -0.15) is 0 Å². The first-order valence-corrected chi connectivity index (χ1v) is 8.43. The smallest absolute Gasteiger partial charge is 0.268 e. The summed E-state index contributed by atoms with van der Waals surface area (Å²) in [5.74, 6) is 0.300. The van der Waals surface area contributed by atoms with Crippen molar-refractivity contribution in [3.05, 3.63) is 53.6 Å². The zero-order valence-corrected chi connectivity index (χ0v) is 14.7. The van der Waals surface area contributed by atoms with Gasteiger partial charge in [-0.1, -0.05) is 31.2 Å². The molecule has 1 heterocycles. The van der Waals surface area contributed by atoms with Crippen molar-refractivity contribution in [2.75, 3.05) is 16.8 Å². The quantitative estimate of drug-likeness (QED) is 0.929. The normalized spacial score (nSPS) is 14.5. The van der Waals surface area contributed by atoms with E-state index in [1.807, 2.05) is 57.2 Å². The Bertz CT molecular complexity index is 816. The number of hydrogen-bond acceptors (Lipinski definition) is 3. The molecule has 1 N–H and O–H groups in total. The molecule has 0 bridgehead atoms. The van der Waals surface area contributed by atoms with E-state index in [-0.39, 0.29) is 18.4 Å². The fraction of sp³-hybridized carbons (Fsp3) is 0.300. The minimum atomic E-state index is -0.639. The summed E-state index contributed by atoms with van der Waals surface area (Å²) in [5, 5.41) is 2.79. The van der Waals surface area contributed by atoms with Gasteiger partial charge in [0.25, 0.3) is 5.91 Å². The van der Waals surface area contributed by atoms with Crippen molar-refractivity contribution >= 4 is 23.2 Å². The highest BCUT2D eigenvalue weighted by Crippen LogP contribution is 2.30. The van der Waals surface area contributed by atoms with Gasteiger partial charge in [-0.3, -0.25) is 14.5 Å². The molecule has 0 saturated carbocycles. The molecule has 130 valence electrons. The zero-order chi connectivity index (χ0) is 18.0. The molecule has 0 saturated heterocycles. The summed E-state index contributed by atoms with van der Waals surface area (Å²) in [5.41, 5.74) is 3.41. The first-order valence-electron chi connectivity index (χ1n) is 8.43. The van der Waals surface area contributed by atoms with Crippen LogP contribution in [0.2, 0.25) is 0 Å². The standard InChI is InChI=1S/C20H22N2O3/c1-4-17(25-18-11-13(2)9-10-14(18)3)20(24)22-12-19(23)21-15-7-5-6-8-16(15)22/h5-11,17H,4,12H2,1-3H3,(H,21,23)/t17-/m0/s1. The lowest BCUT2D eigenvalue weighted by Gasteiger charge is -2.32. The van der Waals surface area contributed by atoms with Crippen molar-refractivity contribution in [1.82, 2.24) is 0 Å². The SMILES string of the molecule is CC[C@H](Oc1cc(C)ccc1C)C(=O)N1CC(=O)Nc2ccccc21. The molecule has 0 aromatic heterocycles. The van der Waals surface area contributed by atoms with Gasteiger partial charge in [0, 0.05) is 0 Å². The largest absolute Gasteiger partial charge is 0.480 e. The van der Waals surface area contributed by atoms with Gasteiger partial charge >= 0.3 is 0 Å². The van der Waals surface area contributed by atoms with Crippen LogP contribution in [0.4, 0.5) is 11.4 Å². The van der Waals surface area contributed by atoms with E-state index in [4.69, 9.17) is 4.74 Å². The van der Waals surface area contributed by atoms with E-state index < -0.39 is 6.10 Å². The first kappa shape index (κ1) is 17.0. The number of hydrogen-bond donors (Lipinski definition) is 1. The molecule has 25 heavy (non-hydrogen) atoms. The van der Waals surface area contributed by atoms with Crippen LogP contribution in [-0.2, 0) is 9.59 Å². The average Bonchev–Trinajstić information content (AvgIpc) is 2.61. The van der Waals surface area contributed by atoms with Crippen LogP contribution >= 0.6 is 0 Å². The van der Waals surface area contributed by atoms with Crippen molar-refractivity contribution in [1.29, 1.82) is 0 Å². The lowest BCUT2D eigenvalue weighted by molar-refractivity contribution is -0.127. The average molecular weight is 338 g/mol. The van der Waals surface area contributed by atoms with Gasteiger partial charge < -0.3 is 10.1 Å². The highest BCUT2D eigenvalue weighted by Gasteiger charge is 2.32. The summed E-state index contributed by atoms with van der Waals surface area (Å²) in [4.78, 5) is 26.5. The van der Waals surface area contributed by atoms with E-state index in [0.717, 1.165) is 11.1 Å². The second-order valence-corrected chi connectivity index (χ2v) is 6.27.